The number of para-hydroxylation sites is 1. The molecule has 0 spiro atoms. The topological polar surface area (TPSA) is 69.7 Å². The van der Waals surface area contributed by atoms with E-state index in [2.05, 4.69) is 0 Å². The van der Waals surface area contributed by atoms with Crippen LogP contribution >= 0.6 is 0 Å². The number of ether oxygens (including phenoxy) is 1. The van der Waals surface area contributed by atoms with Crippen LogP contribution in [0.15, 0.2) is 18.2 Å². The van der Waals surface area contributed by atoms with Gasteiger partial charge in [-0.05, 0) is 18.6 Å². The second-order valence-corrected chi connectivity index (χ2v) is 4.86. The first kappa shape index (κ1) is 12.5. The lowest BCUT2D eigenvalue weighted by Gasteiger charge is -2.11. The molecule has 1 aromatic rings. The van der Waals surface area contributed by atoms with E-state index in [1.54, 1.807) is 19.1 Å². The summed E-state index contributed by atoms with van der Waals surface area (Å²) in [6.45, 7) is 2.89. The van der Waals surface area contributed by atoms with Crippen molar-refractivity contribution in [2.75, 3.05) is 6.26 Å². The van der Waals surface area contributed by atoms with Crippen LogP contribution in [0.4, 0.5) is 0 Å². The molecule has 88 valence electrons. The highest BCUT2D eigenvalue weighted by Crippen LogP contribution is 2.31. The summed E-state index contributed by atoms with van der Waals surface area (Å²) in [6.07, 6.45) is 0.928. The molecular weight excluding hydrogens is 232 g/mol. The lowest BCUT2D eigenvalue weighted by atomic mass is 10.2. The maximum Gasteiger partial charge on any atom is 0.308 e. The third-order valence-corrected chi connectivity index (χ3v) is 2.13. The van der Waals surface area contributed by atoms with Gasteiger partial charge < -0.3 is 8.92 Å². The summed E-state index contributed by atoms with van der Waals surface area (Å²) in [7, 11) is -3.65. The minimum absolute atomic E-state index is 0.0419. The Morgan fingerprint density at radius 1 is 1.31 bits per heavy atom. The van der Waals surface area contributed by atoms with Crippen molar-refractivity contribution in [2.24, 2.45) is 0 Å². The van der Waals surface area contributed by atoms with E-state index in [-0.39, 0.29) is 11.5 Å². The van der Waals surface area contributed by atoms with Crippen LogP contribution in [0.3, 0.4) is 0 Å². The van der Waals surface area contributed by atoms with Crippen molar-refractivity contribution in [2.45, 2.75) is 13.8 Å². The SMILES string of the molecule is CC(=O)Oc1cccc(C)c1OS(C)(=O)=O. The van der Waals surface area contributed by atoms with Crippen LogP contribution in [0.5, 0.6) is 11.5 Å². The molecule has 0 atom stereocenters. The van der Waals surface area contributed by atoms with E-state index in [0.29, 0.717) is 5.56 Å². The Balaban J connectivity index is 3.18. The van der Waals surface area contributed by atoms with Gasteiger partial charge in [-0.3, -0.25) is 4.79 Å². The van der Waals surface area contributed by atoms with Crippen molar-refractivity contribution in [3.05, 3.63) is 23.8 Å². The molecule has 0 saturated carbocycles. The molecule has 0 aromatic heterocycles. The van der Waals surface area contributed by atoms with Gasteiger partial charge in [0.25, 0.3) is 0 Å². The molecule has 0 aliphatic heterocycles. The zero-order valence-corrected chi connectivity index (χ0v) is 10.00. The van der Waals surface area contributed by atoms with Crippen molar-refractivity contribution in [3.8, 4) is 11.5 Å². The number of aryl methyl sites for hydroxylation is 1. The van der Waals surface area contributed by atoms with Crippen molar-refractivity contribution in [1.82, 2.24) is 0 Å². The zero-order chi connectivity index (χ0) is 12.3. The van der Waals surface area contributed by atoms with Gasteiger partial charge in [-0.25, -0.2) is 0 Å². The summed E-state index contributed by atoms with van der Waals surface area (Å²) in [5.74, 6) is -0.401. The molecule has 0 heterocycles. The van der Waals surface area contributed by atoms with Gasteiger partial charge in [0.15, 0.2) is 11.5 Å². The summed E-state index contributed by atoms with van der Waals surface area (Å²) in [6, 6.07) is 4.77. The largest absolute Gasteiger partial charge is 0.423 e. The summed E-state index contributed by atoms with van der Waals surface area (Å²) in [4.78, 5) is 10.8. The van der Waals surface area contributed by atoms with E-state index >= 15 is 0 Å². The van der Waals surface area contributed by atoms with Gasteiger partial charge in [-0.15, -0.1) is 0 Å². The molecule has 0 saturated heterocycles. The van der Waals surface area contributed by atoms with Crippen molar-refractivity contribution < 1.29 is 22.1 Å². The first-order chi connectivity index (χ1) is 7.29. The van der Waals surface area contributed by atoms with Crippen LogP contribution in [0.2, 0.25) is 0 Å². The fourth-order valence-corrected chi connectivity index (χ4v) is 1.64. The van der Waals surface area contributed by atoms with Crippen LogP contribution in [0, 0.1) is 6.92 Å². The normalized spacial score (nSPS) is 10.9. The van der Waals surface area contributed by atoms with Crippen LogP contribution in [0.25, 0.3) is 0 Å². The Morgan fingerprint density at radius 2 is 1.94 bits per heavy atom. The minimum Gasteiger partial charge on any atom is -0.423 e. The molecule has 0 N–H and O–H groups in total. The quantitative estimate of drug-likeness (QED) is 0.455. The van der Waals surface area contributed by atoms with E-state index in [0.717, 1.165) is 6.26 Å². The number of benzene rings is 1. The van der Waals surface area contributed by atoms with Crippen LogP contribution in [0.1, 0.15) is 12.5 Å². The molecule has 0 radical (unpaired) electrons. The average Bonchev–Trinajstić information content (AvgIpc) is 2.08. The molecule has 0 bridgehead atoms. The van der Waals surface area contributed by atoms with Crippen LogP contribution in [-0.4, -0.2) is 20.6 Å². The fraction of sp³-hybridized carbons (Fsp3) is 0.300. The Morgan fingerprint density at radius 3 is 2.44 bits per heavy atom. The van der Waals surface area contributed by atoms with Crippen molar-refractivity contribution in [1.29, 1.82) is 0 Å². The number of hydrogen-bond donors (Lipinski definition) is 0. The first-order valence-electron chi connectivity index (χ1n) is 4.47. The average molecular weight is 244 g/mol. The Kier molecular flexibility index (Phi) is 3.54. The van der Waals surface area contributed by atoms with Gasteiger partial charge >= 0.3 is 16.1 Å². The molecule has 5 nitrogen and oxygen atoms in total. The Bertz CT molecular complexity index is 504. The number of carbonyl (C=O) groups is 1. The first-order valence-corrected chi connectivity index (χ1v) is 6.29. The third kappa shape index (κ3) is 3.54. The van der Waals surface area contributed by atoms with Crippen LogP contribution < -0.4 is 8.92 Å². The number of rotatable bonds is 3. The monoisotopic (exact) mass is 244 g/mol. The lowest BCUT2D eigenvalue weighted by Crippen LogP contribution is -2.10. The van der Waals surface area contributed by atoms with Gasteiger partial charge in [0.05, 0.1) is 6.26 Å². The molecule has 1 aromatic carbocycles. The van der Waals surface area contributed by atoms with E-state index in [1.807, 2.05) is 0 Å². The lowest BCUT2D eigenvalue weighted by molar-refractivity contribution is -0.131. The highest BCUT2D eigenvalue weighted by atomic mass is 32.2. The summed E-state index contributed by atoms with van der Waals surface area (Å²) >= 11 is 0. The molecule has 1 rings (SSSR count). The predicted octanol–water partition coefficient (Wildman–Crippen LogP) is 1.26. The van der Waals surface area contributed by atoms with Crippen LogP contribution in [-0.2, 0) is 14.9 Å². The third-order valence-electron chi connectivity index (χ3n) is 1.66. The Hall–Kier alpha value is -1.56. The molecule has 6 heteroatoms. The minimum atomic E-state index is -3.65. The maximum absolute atomic E-state index is 11.0. The standard InChI is InChI=1S/C10H12O5S/c1-7-5-4-6-9(14-8(2)11)10(7)15-16(3,12)13/h4-6H,1-3H3. The van der Waals surface area contributed by atoms with E-state index in [4.69, 9.17) is 8.92 Å². The van der Waals surface area contributed by atoms with Gasteiger partial charge in [0.1, 0.15) is 0 Å². The molecular formula is C10H12O5S. The summed E-state index contributed by atoms with van der Waals surface area (Å²) in [5.41, 5.74) is 0.573. The van der Waals surface area contributed by atoms with Gasteiger partial charge in [0, 0.05) is 6.92 Å². The van der Waals surface area contributed by atoms with Crippen molar-refractivity contribution in [3.63, 3.8) is 0 Å². The highest BCUT2D eigenvalue weighted by molar-refractivity contribution is 7.86. The second-order valence-electron chi connectivity index (χ2n) is 3.28. The molecule has 0 unspecified atom stereocenters. The van der Waals surface area contributed by atoms with E-state index < -0.39 is 16.1 Å². The fourth-order valence-electron chi connectivity index (χ4n) is 1.12. The number of esters is 1. The second kappa shape index (κ2) is 4.52. The molecule has 0 amide bonds. The molecule has 0 aliphatic rings. The van der Waals surface area contributed by atoms with E-state index in [1.165, 1.54) is 13.0 Å². The molecule has 0 aliphatic carbocycles. The summed E-state index contributed by atoms with van der Waals surface area (Å²) in [5, 5.41) is 0. The van der Waals surface area contributed by atoms with Gasteiger partial charge in [0.2, 0.25) is 0 Å². The van der Waals surface area contributed by atoms with Gasteiger partial charge in [-0.2, -0.15) is 8.42 Å². The zero-order valence-electron chi connectivity index (χ0n) is 9.18. The van der Waals surface area contributed by atoms with Gasteiger partial charge in [-0.1, -0.05) is 12.1 Å². The maximum atomic E-state index is 11.0. The molecule has 16 heavy (non-hydrogen) atoms. The smallest absolute Gasteiger partial charge is 0.308 e. The molecule has 0 fully saturated rings. The summed E-state index contributed by atoms with van der Waals surface area (Å²) < 4.78 is 31.7. The van der Waals surface area contributed by atoms with Crippen molar-refractivity contribution >= 4 is 16.1 Å². The highest BCUT2D eigenvalue weighted by Gasteiger charge is 2.14. The number of hydrogen-bond acceptors (Lipinski definition) is 5. The Labute approximate surface area is 94.1 Å². The van der Waals surface area contributed by atoms with E-state index in [9.17, 15) is 13.2 Å². The predicted molar refractivity (Wildman–Crippen MR) is 58.0 cm³/mol. The number of carbonyl (C=O) groups excluding carboxylic acids is 1.